The summed E-state index contributed by atoms with van der Waals surface area (Å²) in [6, 6.07) is 10.3. The molecule has 0 aliphatic rings. The van der Waals surface area contributed by atoms with Gasteiger partial charge in [0.2, 0.25) is 5.95 Å². The second kappa shape index (κ2) is 4.64. The second-order valence-electron chi connectivity index (χ2n) is 4.04. The Morgan fingerprint density at radius 2 is 2.00 bits per heavy atom. The first-order valence-electron chi connectivity index (χ1n) is 5.45. The lowest BCUT2D eigenvalue weighted by Crippen LogP contribution is -2.00. The van der Waals surface area contributed by atoms with Crippen molar-refractivity contribution in [1.82, 2.24) is 9.55 Å². The Kier molecular flexibility index (Phi) is 3.10. The van der Waals surface area contributed by atoms with E-state index in [0.29, 0.717) is 11.6 Å². The van der Waals surface area contributed by atoms with Crippen LogP contribution in [0.3, 0.4) is 0 Å². The van der Waals surface area contributed by atoms with Crippen molar-refractivity contribution < 1.29 is 4.39 Å². The smallest absolute Gasteiger partial charge is 0.205 e. The predicted molar refractivity (Wildman–Crippen MR) is 83.2 cm³/mol. The number of benzene rings is 2. The molecule has 0 aliphatic carbocycles. The molecule has 3 rings (SSSR count). The number of halogens is 3. The highest BCUT2D eigenvalue weighted by Crippen LogP contribution is 2.26. The van der Waals surface area contributed by atoms with E-state index in [4.69, 9.17) is 17.3 Å². The van der Waals surface area contributed by atoms with E-state index in [9.17, 15) is 4.39 Å². The summed E-state index contributed by atoms with van der Waals surface area (Å²) in [5.74, 6) is -0.109. The van der Waals surface area contributed by atoms with Gasteiger partial charge in [0.05, 0.1) is 21.7 Å². The van der Waals surface area contributed by atoms with Crippen LogP contribution in [0.25, 0.3) is 16.7 Å². The van der Waals surface area contributed by atoms with Crippen LogP contribution >= 0.6 is 34.2 Å². The van der Waals surface area contributed by atoms with Crippen LogP contribution in [-0.2, 0) is 0 Å². The van der Waals surface area contributed by atoms with Gasteiger partial charge in [-0.2, -0.15) is 0 Å². The summed E-state index contributed by atoms with van der Waals surface area (Å²) in [5.41, 5.74) is 8.28. The van der Waals surface area contributed by atoms with Gasteiger partial charge in [-0.1, -0.05) is 11.6 Å². The minimum Gasteiger partial charge on any atom is -0.369 e. The maximum atomic E-state index is 13.2. The normalized spacial score (nSPS) is 11.1. The first-order chi connectivity index (χ1) is 9.06. The van der Waals surface area contributed by atoms with Crippen molar-refractivity contribution in [2.75, 3.05) is 5.73 Å². The molecule has 96 valence electrons. The Hall–Kier alpha value is -1.34. The van der Waals surface area contributed by atoms with E-state index in [1.807, 2.05) is 18.2 Å². The van der Waals surface area contributed by atoms with Crippen LogP contribution in [0.2, 0.25) is 5.02 Å². The summed E-state index contributed by atoms with van der Waals surface area (Å²) in [5, 5.41) is 0.0595. The Labute approximate surface area is 127 Å². The monoisotopic (exact) mass is 387 g/mol. The molecular weight excluding hydrogens is 380 g/mol. The molecule has 0 atom stereocenters. The van der Waals surface area contributed by atoms with E-state index < -0.39 is 5.82 Å². The topological polar surface area (TPSA) is 43.8 Å². The number of aromatic nitrogens is 2. The van der Waals surface area contributed by atoms with E-state index in [1.165, 1.54) is 12.1 Å². The average Bonchev–Trinajstić information content (AvgIpc) is 2.68. The molecule has 0 saturated heterocycles. The fourth-order valence-electron chi connectivity index (χ4n) is 1.97. The number of rotatable bonds is 1. The molecule has 1 aromatic heterocycles. The van der Waals surface area contributed by atoms with Gasteiger partial charge in [-0.15, -0.1) is 0 Å². The molecule has 0 bridgehead atoms. The number of fused-ring (bicyclic) bond motifs is 1. The lowest BCUT2D eigenvalue weighted by atomic mass is 10.2. The number of imidazole rings is 1. The third kappa shape index (κ3) is 2.17. The zero-order valence-electron chi connectivity index (χ0n) is 9.57. The first-order valence-corrected chi connectivity index (χ1v) is 6.91. The molecule has 0 saturated carbocycles. The van der Waals surface area contributed by atoms with Crippen LogP contribution in [-0.4, -0.2) is 9.55 Å². The van der Waals surface area contributed by atoms with Gasteiger partial charge in [0.15, 0.2) is 0 Å². The lowest BCUT2D eigenvalue weighted by molar-refractivity contribution is 0.628. The quantitative estimate of drug-likeness (QED) is 0.641. The van der Waals surface area contributed by atoms with Crippen molar-refractivity contribution in [1.29, 1.82) is 0 Å². The molecular formula is C13H8ClFIN3. The average molecular weight is 388 g/mol. The van der Waals surface area contributed by atoms with Crippen molar-refractivity contribution in [2.45, 2.75) is 0 Å². The molecule has 2 N–H and O–H groups in total. The summed E-state index contributed by atoms with van der Waals surface area (Å²) >= 11 is 8.02. The van der Waals surface area contributed by atoms with Gasteiger partial charge < -0.3 is 5.73 Å². The fourth-order valence-corrected chi connectivity index (χ4v) is 2.62. The van der Waals surface area contributed by atoms with Gasteiger partial charge >= 0.3 is 0 Å². The number of hydrogen-bond donors (Lipinski definition) is 1. The van der Waals surface area contributed by atoms with Crippen LogP contribution in [0.4, 0.5) is 10.3 Å². The van der Waals surface area contributed by atoms with Gasteiger partial charge in [-0.05, 0) is 59.0 Å². The maximum absolute atomic E-state index is 13.2. The number of nitrogen functional groups attached to an aromatic ring is 1. The van der Waals surface area contributed by atoms with Gasteiger partial charge in [-0.25, -0.2) is 9.37 Å². The molecule has 3 aromatic rings. The molecule has 2 aromatic carbocycles. The summed E-state index contributed by atoms with van der Waals surface area (Å²) in [6.45, 7) is 0. The third-order valence-electron chi connectivity index (χ3n) is 2.80. The molecule has 6 heteroatoms. The number of nitrogens with two attached hydrogens (primary N) is 1. The van der Waals surface area contributed by atoms with E-state index in [0.717, 1.165) is 14.6 Å². The van der Waals surface area contributed by atoms with E-state index in [1.54, 1.807) is 10.6 Å². The number of hydrogen-bond acceptors (Lipinski definition) is 2. The molecule has 0 amide bonds. The Morgan fingerprint density at radius 3 is 2.74 bits per heavy atom. The highest BCUT2D eigenvalue weighted by molar-refractivity contribution is 14.1. The van der Waals surface area contributed by atoms with E-state index in [2.05, 4.69) is 27.6 Å². The largest absolute Gasteiger partial charge is 0.369 e. The minimum atomic E-state index is -0.456. The van der Waals surface area contributed by atoms with Crippen molar-refractivity contribution in [3.63, 3.8) is 0 Å². The Balaban J connectivity index is 2.29. The van der Waals surface area contributed by atoms with Crippen LogP contribution in [0, 0.1) is 9.39 Å². The highest BCUT2D eigenvalue weighted by atomic mass is 127. The van der Waals surface area contributed by atoms with Gasteiger partial charge in [0, 0.05) is 3.57 Å². The molecule has 0 fully saturated rings. The maximum Gasteiger partial charge on any atom is 0.205 e. The molecule has 19 heavy (non-hydrogen) atoms. The van der Waals surface area contributed by atoms with Crippen molar-refractivity contribution in [2.24, 2.45) is 0 Å². The molecule has 0 unspecified atom stereocenters. The SMILES string of the molecule is Nc1nc2cc(I)ccc2n1-c1ccc(F)c(Cl)c1. The van der Waals surface area contributed by atoms with Crippen LogP contribution in [0.5, 0.6) is 0 Å². The lowest BCUT2D eigenvalue weighted by Gasteiger charge is -2.07. The van der Waals surface area contributed by atoms with E-state index >= 15 is 0 Å². The van der Waals surface area contributed by atoms with Crippen molar-refractivity contribution in [3.8, 4) is 5.69 Å². The Morgan fingerprint density at radius 1 is 1.21 bits per heavy atom. The summed E-state index contributed by atoms with van der Waals surface area (Å²) in [7, 11) is 0. The number of nitrogens with zero attached hydrogens (tertiary/aromatic N) is 2. The van der Waals surface area contributed by atoms with Gasteiger partial charge in [0.1, 0.15) is 5.82 Å². The van der Waals surface area contributed by atoms with Crippen molar-refractivity contribution in [3.05, 3.63) is 50.8 Å². The van der Waals surface area contributed by atoms with E-state index in [-0.39, 0.29) is 5.02 Å². The fraction of sp³-hybridized carbons (Fsp3) is 0. The Bertz CT molecular complexity index is 785. The zero-order chi connectivity index (χ0) is 13.6. The molecule has 1 heterocycles. The third-order valence-corrected chi connectivity index (χ3v) is 3.76. The minimum absolute atomic E-state index is 0.0595. The highest BCUT2D eigenvalue weighted by Gasteiger charge is 2.11. The molecule has 0 spiro atoms. The zero-order valence-corrected chi connectivity index (χ0v) is 12.5. The summed E-state index contributed by atoms with van der Waals surface area (Å²) in [4.78, 5) is 4.30. The summed E-state index contributed by atoms with van der Waals surface area (Å²) in [6.07, 6.45) is 0. The molecule has 3 nitrogen and oxygen atoms in total. The van der Waals surface area contributed by atoms with Crippen LogP contribution in [0.1, 0.15) is 0 Å². The molecule has 0 aliphatic heterocycles. The van der Waals surface area contributed by atoms with Gasteiger partial charge in [-0.3, -0.25) is 4.57 Å². The van der Waals surface area contributed by atoms with Gasteiger partial charge in [0.25, 0.3) is 0 Å². The molecule has 0 radical (unpaired) electrons. The summed E-state index contributed by atoms with van der Waals surface area (Å²) < 4.78 is 16.0. The van der Waals surface area contributed by atoms with Crippen LogP contribution < -0.4 is 5.73 Å². The van der Waals surface area contributed by atoms with Crippen molar-refractivity contribution >= 4 is 51.2 Å². The van der Waals surface area contributed by atoms with Crippen LogP contribution in [0.15, 0.2) is 36.4 Å². The standard InChI is InChI=1S/C13H8ClFIN3/c14-9-6-8(2-3-10(9)15)19-12-4-1-7(16)5-11(12)18-13(19)17/h1-6H,(H2,17,18). The second-order valence-corrected chi connectivity index (χ2v) is 5.69. The first kappa shape index (κ1) is 12.7. The predicted octanol–water partition coefficient (Wildman–Crippen LogP) is 4.00. The number of anilines is 1.